The average molecular weight is 461 g/mol. The first kappa shape index (κ1) is 20.5. The zero-order valence-electron chi connectivity index (χ0n) is 16.0. The van der Waals surface area contributed by atoms with Crippen LogP contribution in [0.1, 0.15) is 10.4 Å². The van der Waals surface area contributed by atoms with Gasteiger partial charge in [0.15, 0.2) is 5.13 Å². The first-order valence-corrected chi connectivity index (χ1v) is 11.5. The highest BCUT2D eigenvalue weighted by Crippen LogP contribution is 2.31. The maximum atomic E-state index is 12.7. The summed E-state index contributed by atoms with van der Waals surface area (Å²) in [6, 6.07) is 11.9. The van der Waals surface area contributed by atoms with Crippen LogP contribution in [0, 0.1) is 0 Å². The van der Waals surface area contributed by atoms with Crippen molar-refractivity contribution in [1.29, 1.82) is 0 Å². The van der Waals surface area contributed by atoms with Crippen molar-refractivity contribution >= 4 is 54.9 Å². The number of benzene rings is 2. The minimum absolute atomic E-state index is 0.0133. The smallest absolute Gasteiger partial charge is 0.259 e. The van der Waals surface area contributed by atoms with Crippen molar-refractivity contribution in [2.45, 2.75) is 4.90 Å². The molecule has 2 heterocycles. The minimum atomic E-state index is -3.69. The number of sulfonamides is 1. The maximum Gasteiger partial charge on any atom is 0.259 e. The van der Waals surface area contributed by atoms with Crippen LogP contribution in [-0.2, 0) is 10.0 Å². The molecule has 2 N–H and O–H groups in total. The number of carbonyl (C=O) groups excluding carboxylic acids is 1. The first-order chi connectivity index (χ1) is 14.3. The van der Waals surface area contributed by atoms with Gasteiger partial charge in [-0.1, -0.05) is 29.8 Å². The Morgan fingerprint density at radius 2 is 1.97 bits per heavy atom. The van der Waals surface area contributed by atoms with Gasteiger partial charge in [-0.3, -0.25) is 10.1 Å². The molecule has 0 radical (unpaired) electrons. The number of nitrogens with zero attached hydrogens (tertiary/aromatic N) is 2. The van der Waals surface area contributed by atoms with Gasteiger partial charge in [-0.05, 0) is 24.3 Å². The number of amides is 1. The van der Waals surface area contributed by atoms with E-state index in [-0.39, 0.29) is 15.5 Å². The summed E-state index contributed by atoms with van der Waals surface area (Å²) in [5.41, 5.74) is 2.71. The lowest BCUT2D eigenvalue weighted by Crippen LogP contribution is -2.23. The van der Waals surface area contributed by atoms with E-state index < -0.39 is 15.9 Å². The highest BCUT2D eigenvalue weighted by Gasteiger charge is 2.21. The Morgan fingerprint density at radius 3 is 2.73 bits per heavy atom. The molecule has 0 saturated carbocycles. The number of para-hydroxylation sites is 1. The molecule has 10 heteroatoms. The molecule has 0 unspecified atom stereocenters. The average Bonchev–Trinajstić information content (AvgIpc) is 3.34. The number of anilines is 1. The molecule has 0 aliphatic rings. The molecule has 0 fully saturated rings. The summed E-state index contributed by atoms with van der Waals surface area (Å²) in [6.45, 7) is 0. The van der Waals surface area contributed by atoms with Crippen LogP contribution in [0.5, 0.6) is 0 Å². The topological polar surface area (TPSA) is 95.2 Å². The number of carbonyl (C=O) groups is 1. The predicted octanol–water partition coefficient (Wildman–Crippen LogP) is 4.45. The van der Waals surface area contributed by atoms with Gasteiger partial charge < -0.3 is 4.98 Å². The van der Waals surface area contributed by atoms with Crippen molar-refractivity contribution in [3.05, 3.63) is 64.6 Å². The fourth-order valence-electron chi connectivity index (χ4n) is 2.95. The Hall–Kier alpha value is -2.72. The number of aromatic amines is 1. The van der Waals surface area contributed by atoms with Crippen LogP contribution in [0.2, 0.25) is 5.02 Å². The van der Waals surface area contributed by atoms with E-state index in [2.05, 4.69) is 15.3 Å². The molecule has 7 nitrogen and oxygen atoms in total. The third kappa shape index (κ3) is 3.72. The van der Waals surface area contributed by atoms with E-state index in [0.717, 1.165) is 26.5 Å². The van der Waals surface area contributed by atoms with Crippen LogP contribution in [-0.4, -0.2) is 42.7 Å². The van der Waals surface area contributed by atoms with Crippen LogP contribution in [0.3, 0.4) is 0 Å². The summed E-state index contributed by atoms with van der Waals surface area (Å²) in [5.74, 6) is -0.532. The van der Waals surface area contributed by atoms with Crippen LogP contribution < -0.4 is 5.32 Å². The molecule has 0 spiro atoms. The molecule has 154 valence electrons. The van der Waals surface area contributed by atoms with Gasteiger partial charge >= 0.3 is 0 Å². The number of hydrogen-bond donors (Lipinski definition) is 2. The number of aromatic nitrogens is 2. The Morgan fingerprint density at radius 1 is 1.20 bits per heavy atom. The summed E-state index contributed by atoms with van der Waals surface area (Å²) >= 11 is 7.42. The fraction of sp³-hybridized carbons (Fsp3) is 0.100. The molecule has 0 saturated heterocycles. The van der Waals surface area contributed by atoms with Crippen molar-refractivity contribution in [2.24, 2.45) is 0 Å². The van der Waals surface area contributed by atoms with E-state index in [0.29, 0.717) is 5.13 Å². The van der Waals surface area contributed by atoms with Crippen LogP contribution >= 0.6 is 22.9 Å². The summed E-state index contributed by atoms with van der Waals surface area (Å²) < 4.78 is 25.8. The number of thiazole rings is 1. The second-order valence-electron chi connectivity index (χ2n) is 6.67. The van der Waals surface area contributed by atoms with Crippen LogP contribution in [0.15, 0.2) is 58.9 Å². The number of hydrogen-bond acceptors (Lipinski definition) is 5. The standard InChI is InChI=1S/C20H17ClN4O3S2/c1-25(2)30(27,28)12-7-8-16(21)14(9-12)19(26)24-20-23-18(11-29-20)15-10-22-17-6-4-3-5-13(15)17/h3-11,22H,1-2H3,(H,23,24,26). The van der Waals surface area contributed by atoms with Gasteiger partial charge in [0.25, 0.3) is 5.91 Å². The monoisotopic (exact) mass is 460 g/mol. The Kier molecular flexibility index (Phi) is 5.37. The molecule has 1 amide bonds. The molecule has 0 aliphatic carbocycles. The van der Waals surface area contributed by atoms with Gasteiger partial charge in [-0.15, -0.1) is 11.3 Å². The summed E-state index contributed by atoms with van der Waals surface area (Å²) in [4.78, 5) is 20.4. The Labute approximate surface area is 182 Å². The summed E-state index contributed by atoms with van der Waals surface area (Å²) in [5, 5.41) is 6.12. The lowest BCUT2D eigenvalue weighted by atomic mass is 10.1. The highest BCUT2D eigenvalue weighted by molar-refractivity contribution is 7.89. The maximum absolute atomic E-state index is 12.7. The van der Waals surface area contributed by atoms with Gasteiger partial charge in [-0.25, -0.2) is 17.7 Å². The number of halogens is 1. The van der Waals surface area contributed by atoms with Crippen LogP contribution in [0.4, 0.5) is 5.13 Å². The molecule has 0 bridgehead atoms. The van der Waals surface area contributed by atoms with Gasteiger partial charge in [0.05, 0.1) is 21.2 Å². The molecular formula is C20H17ClN4O3S2. The van der Waals surface area contributed by atoms with E-state index in [9.17, 15) is 13.2 Å². The molecule has 4 rings (SSSR count). The second-order valence-corrected chi connectivity index (χ2v) is 10.1. The normalized spacial score (nSPS) is 11.9. The third-order valence-corrected chi connectivity index (χ3v) is 7.45. The molecule has 0 aliphatic heterocycles. The molecule has 2 aromatic carbocycles. The fourth-order valence-corrected chi connectivity index (χ4v) is 4.79. The molecular weight excluding hydrogens is 444 g/mol. The summed E-state index contributed by atoms with van der Waals surface area (Å²) in [6.07, 6.45) is 1.87. The lowest BCUT2D eigenvalue weighted by molar-refractivity contribution is 0.102. The summed E-state index contributed by atoms with van der Waals surface area (Å²) in [7, 11) is -0.846. The predicted molar refractivity (Wildman–Crippen MR) is 120 cm³/mol. The number of H-pyrrole nitrogens is 1. The van der Waals surface area contributed by atoms with Gasteiger partial charge in [-0.2, -0.15) is 0 Å². The minimum Gasteiger partial charge on any atom is -0.360 e. The van der Waals surface area contributed by atoms with E-state index in [1.165, 1.54) is 43.6 Å². The lowest BCUT2D eigenvalue weighted by Gasteiger charge is -2.13. The molecule has 4 aromatic rings. The zero-order valence-corrected chi connectivity index (χ0v) is 18.4. The number of fused-ring (bicyclic) bond motifs is 1. The Balaban J connectivity index is 1.61. The highest BCUT2D eigenvalue weighted by atomic mass is 35.5. The largest absolute Gasteiger partial charge is 0.360 e. The van der Waals surface area contributed by atoms with Crippen LogP contribution in [0.25, 0.3) is 22.2 Å². The van der Waals surface area contributed by atoms with Crippen molar-refractivity contribution < 1.29 is 13.2 Å². The molecule has 30 heavy (non-hydrogen) atoms. The third-order valence-electron chi connectivity index (χ3n) is 4.55. The van der Waals surface area contributed by atoms with E-state index in [1.54, 1.807) is 0 Å². The zero-order chi connectivity index (χ0) is 21.5. The SMILES string of the molecule is CN(C)S(=O)(=O)c1ccc(Cl)c(C(=O)Nc2nc(-c3c[nH]c4ccccc34)cs2)c1. The van der Waals surface area contributed by atoms with Crippen molar-refractivity contribution in [3.8, 4) is 11.3 Å². The quantitative estimate of drug-likeness (QED) is 0.460. The number of rotatable bonds is 5. The Bertz CT molecular complexity index is 1360. The van der Waals surface area contributed by atoms with Crippen molar-refractivity contribution in [1.82, 2.24) is 14.3 Å². The van der Waals surface area contributed by atoms with E-state index in [1.807, 2.05) is 35.8 Å². The molecule has 2 aromatic heterocycles. The van der Waals surface area contributed by atoms with E-state index >= 15 is 0 Å². The van der Waals surface area contributed by atoms with Gasteiger partial charge in [0.2, 0.25) is 10.0 Å². The number of nitrogens with one attached hydrogen (secondary N) is 2. The van der Waals surface area contributed by atoms with Crippen molar-refractivity contribution in [3.63, 3.8) is 0 Å². The van der Waals surface area contributed by atoms with Gasteiger partial charge in [0.1, 0.15) is 0 Å². The molecule has 0 atom stereocenters. The van der Waals surface area contributed by atoms with Gasteiger partial charge in [0, 0.05) is 42.1 Å². The van der Waals surface area contributed by atoms with E-state index in [4.69, 9.17) is 11.6 Å². The van der Waals surface area contributed by atoms with Crippen molar-refractivity contribution in [2.75, 3.05) is 19.4 Å². The second kappa shape index (κ2) is 7.84. The first-order valence-electron chi connectivity index (χ1n) is 8.83.